The zero-order valence-corrected chi connectivity index (χ0v) is 14.5. The maximum Gasteiger partial charge on any atom is 0.210 e. The highest BCUT2D eigenvalue weighted by molar-refractivity contribution is 6.76. The van der Waals surface area contributed by atoms with Crippen molar-refractivity contribution in [3.05, 3.63) is 47.7 Å². The third-order valence-electron chi connectivity index (χ3n) is 3.80. The van der Waals surface area contributed by atoms with E-state index in [0.717, 1.165) is 18.4 Å². The lowest BCUT2D eigenvalue weighted by Gasteiger charge is -2.21. The molecule has 0 spiro atoms. The Morgan fingerprint density at radius 2 is 1.85 bits per heavy atom. The molecule has 20 heavy (non-hydrogen) atoms. The first-order valence-electron chi connectivity index (χ1n) is 7.66. The molecule has 1 aromatic rings. The SMILES string of the molecule is CC(C)(C)/C=C/[Si](C)(C)OC[C@@H]1C[C@H]1c1ccccc1. The summed E-state index contributed by atoms with van der Waals surface area (Å²) < 4.78 is 6.25. The standard InChI is InChI=1S/C18H28OSi/c1-18(2,3)11-12-20(4,5)19-14-16-13-17(16)15-9-7-6-8-10-15/h6-12,16-17H,13-14H2,1-5H3/b12-11+/t16-,17-/m0/s1. The highest BCUT2D eigenvalue weighted by atomic mass is 28.4. The molecule has 1 aromatic carbocycles. The van der Waals surface area contributed by atoms with Gasteiger partial charge in [0, 0.05) is 6.61 Å². The fraction of sp³-hybridized carbons (Fsp3) is 0.556. The van der Waals surface area contributed by atoms with Crippen LogP contribution < -0.4 is 0 Å². The van der Waals surface area contributed by atoms with E-state index in [1.165, 1.54) is 12.0 Å². The molecule has 1 fully saturated rings. The Hall–Kier alpha value is -0.863. The Labute approximate surface area is 125 Å². The van der Waals surface area contributed by atoms with Gasteiger partial charge in [-0.3, -0.25) is 0 Å². The summed E-state index contributed by atoms with van der Waals surface area (Å²) in [5.41, 5.74) is 4.07. The maximum atomic E-state index is 6.25. The van der Waals surface area contributed by atoms with Gasteiger partial charge in [-0.2, -0.15) is 0 Å². The molecule has 1 saturated carbocycles. The van der Waals surface area contributed by atoms with Crippen molar-refractivity contribution in [3.8, 4) is 0 Å². The van der Waals surface area contributed by atoms with Crippen molar-refractivity contribution in [3.63, 3.8) is 0 Å². The molecule has 0 heterocycles. The van der Waals surface area contributed by atoms with Crippen LogP contribution in [0.25, 0.3) is 0 Å². The first-order valence-corrected chi connectivity index (χ1v) is 10.6. The van der Waals surface area contributed by atoms with Gasteiger partial charge in [-0.05, 0) is 42.3 Å². The van der Waals surface area contributed by atoms with Gasteiger partial charge in [0.1, 0.15) is 0 Å². The van der Waals surface area contributed by atoms with E-state index in [2.05, 4.69) is 76.0 Å². The van der Waals surface area contributed by atoms with Crippen LogP contribution in [0.4, 0.5) is 0 Å². The minimum atomic E-state index is -1.65. The quantitative estimate of drug-likeness (QED) is 0.681. The topological polar surface area (TPSA) is 9.23 Å². The summed E-state index contributed by atoms with van der Waals surface area (Å²) in [6.45, 7) is 12.2. The van der Waals surface area contributed by atoms with Gasteiger partial charge in [0.2, 0.25) is 8.32 Å². The van der Waals surface area contributed by atoms with Gasteiger partial charge in [0.05, 0.1) is 0 Å². The van der Waals surface area contributed by atoms with E-state index < -0.39 is 8.32 Å². The number of rotatable bonds is 5. The zero-order valence-electron chi connectivity index (χ0n) is 13.5. The van der Waals surface area contributed by atoms with Crippen LogP contribution in [-0.4, -0.2) is 14.9 Å². The van der Waals surface area contributed by atoms with Crippen LogP contribution in [0, 0.1) is 11.3 Å². The molecule has 0 aromatic heterocycles. The summed E-state index contributed by atoms with van der Waals surface area (Å²) >= 11 is 0. The molecule has 2 heteroatoms. The zero-order chi connectivity index (χ0) is 14.8. The fourth-order valence-corrected chi connectivity index (χ4v) is 4.00. The average molecular weight is 289 g/mol. The Morgan fingerprint density at radius 1 is 1.20 bits per heavy atom. The van der Waals surface area contributed by atoms with Crippen LogP contribution in [0.1, 0.15) is 38.7 Å². The lowest BCUT2D eigenvalue weighted by Crippen LogP contribution is -2.29. The van der Waals surface area contributed by atoms with Crippen molar-refractivity contribution in [2.45, 2.75) is 46.2 Å². The molecule has 0 unspecified atom stereocenters. The number of hydrogen-bond acceptors (Lipinski definition) is 1. The second-order valence-electron chi connectivity index (χ2n) is 7.63. The average Bonchev–Trinajstić information content (AvgIpc) is 3.14. The molecular formula is C18H28OSi. The number of hydrogen-bond donors (Lipinski definition) is 0. The molecule has 2 atom stereocenters. The Bertz CT molecular complexity index is 456. The van der Waals surface area contributed by atoms with Gasteiger partial charge in [0.15, 0.2) is 0 Å². The van der Waals surface area contributed by atoms with E-state index in [-0.39, 0.29) is 5.41 Å². The minimum Gasteiger partial charge on any atom is -0.413 e. The van der Waals surface area contributed by atoms with Gasteiger partial charge in [0.25, 0.3) is 0 Å². The Balaban J connectivity index is 1.81. The summed E-state index contributed by atoms with van der Waals surface area (Å²) in [6.07, 6.45) is 3.60. The third kappa shape index (κ3) is 4.91. The molecule has 0 saturated heterocycles. The molecule has 1 aliphatic carbocycles. The fourth-order valence-electron chi connectivity index (χ4n) is 2.36. The van der Waals surface area contributed by atoms with E-state index in [1.54, 1.807) is 0 Å². The lowest BCUT2D eigenvalue weighted by molar-refractivity contribution is 0.293. The van der Waals surface area contributed by atoms with Crippen LogP contribution in [0.15, 0.2) is 42.1 Å². The summed E-state index contributed by atoms with van der Waals surface area (Å²) in [4.78, 5) is 0. The molecule has 0 bridgehead atoms. The smallest absolute Gasteiger partial charge is 0.210 e. The number of allylic oxidation sites excluding steroid dienone is 1. The van der Waals surface area contributed by atoms with Crippen molar-refractivity contribution in [2.24, 2.45) is 11.3 Å². The normalized spacial score (nSPS) is 23.2. The van der Waals surface area contributed by atoms with Crippen LogP contribution in [0.3, 0.4) is 0 Å². The van der Waals surface area contributed by atoms with E-state index in [0.29, 0.717) is 0 Å². The van der Waals surface area contributed by atoms with Crippen molar-refractivity contribution in [1.82, 2.24) is 0 Å². The van der Waals surface area contributed by atoms with Gasteiger partial charge >= 0.3 is 0 Å². The molecule has 0 aliphatic heterocycles. The third-order valence-corrected chi connectivity index (χ3v) is 5.68. The molecular weight excluding hydrogens is 260 g/mol. The highest BCUT2D eigenvalue weighted by Gasteiger charge is 2.39. The van der Waals surface area contributed by atoms with Crippen LogP contribution >= 0.6 is 0 Å². The van der Waals surface area contributed by atoms with E-state index in [4.69, 9.17) is 4.43 Å². The van der Waals surface area contributed by atoms with Gasteiger partial charge in [-0.25, -0.2) is 0 Å². The number of benzene rings is 1. The first-order chi connectivity index (χ1) is 9.27. The second kappa shape index (κ2) is 5.86. The van der Waals surface area contributed by atoms with Gasteiger partial charge in [-0.1, -0.05) is 62.9 Å². The van der Waals surface area contributed by atoms with Crippen LogP contribution in [0.2, 0.25) is 13.1 Å². The van der Waals surface area contributed by atoms with Crippen LogP contribution in [-0.2, 0) is 4.43 Å². The predicted molar refractivity (Wildman–Crippen MR) is 89.3 cm³/mol. The first kappa shape index (κ1) is 15.5. The minimum absolute atomic E-state index is 0.250. The van der Waals surface area contributed by atoms with E-state index in [1.807, 2.05) is 0 Å². The Kier molecular flexibility index (Phi) is 4.55. The molecule has 0 radical (unpaired) electrons. The summed E-state index contributed by atoms with van der Waals surface area (Å²) in [5.74, 6) is 1.46. The molecule has 2 rings (SSSR count). The van der Waals surface area contributed by atoms with Crippen LogP contribution in [0.5, 0.6) is 0 Å². The lowest BCUT2D eigenvalue weighted by atomic mass is 9.98. The van der Waals surface area contributed by atoms with Crippen molar-refractivity contribution in [1.29, 1.82) is 0 Å². The molecule has 1 aliphatic rings. The summed E-state index contributed by atoms with van der Waals surface area (Å²) in [5, 5.41) is 0. The summed E-state index contributed by atoms with van der Waals surface area (Å²) in [7, 11) is -1.65. The molecule has 0 N–H and O–H groups in total. The Morgan fingerprint density at radius 3 is 2.45 bits per heavy atom. The van der Waals surface area contributed by atoms with E-state index >= 15 is 0 Å². The monoisotopic (exact) mass is 288 g/mol. The largest absolute Gasteiger partial charge is 0.413 e. The highest BCUT2D eigenvalue weighted by Crippen LogP contribution is 2.47. The molecule has 110 valence electrons. The van der Waals surface area contributed by atoms with Crippen molar-refractivity contribution < 1.29 is 4.43 Å². The predicted octanol–water partition coefficient (Wildman–Crippen LogP) is 5.15. The van der Waals surface area contributed by atoms with Gasteiger partial charge in [-0.15, -0.1) is 0 Å². The maximum absolute atomic E-state index is 6.25. The second-order valence-corrected chi connectivity index (χ2v) is 11.5. The van der Waals surface area contributed by atoms with Crippen molar-refractivity contribution >= 4 is 8.32 Å². The summed E-state index contributed by atoms with van der Waals surface area (Å²) in [6, 6.07) is 10.8. The molecule has 0 amide bonds. The van der Waals surface area contributed by atoms with Gasteiger partial charge < -0.3 is 4.43 Å². The van der Waals surface area contributed by atoms with E-state index in [9.17, 15) is 0 Å². The molecule has 1 nitrogen and oxygen atoms in total. The van der Waals surface area contributed by atoms with Crippen molar-refractivity contribution in [2.75, 3.05) is 6.61 Å².